The van der Waals surface area contributed by atoms with E-state index in [0.717, 1.165) is 68.7 Å². The number of fused-ring (bicyclic) bond motifs is 2. The smallest absolute Gasteiger partial charge is 0.223 e. The molecule has 240 valence electrons. The Labute approximate surface area is 275 Å². The lowest BCUT2D eigenvalue weighted by molar-refractivity contribution is -0.126. The quantitative estimate of drug-likeness (QED) is 0.118. The minimum Gasteiger partial charge on any atom is -0.361 e. The molecule has 8 heteroatoms. The van der Waals surface area contributed by atoms with Crippen molar-refractivity contribution in [3.05, 3.63) is 119 Å². The number of ether oxygens (including phenoxy) is 1. The third-order valence-corrected chi connectivity index (χ3v) is 9.99. The number of nitrogens with one attached hydrogen (secondary N) is 5. The zero-order valence-corrected chi connectivity index (χ0v) is 26.5. The number of allylic oxidation sites excluding steroid dienone is 1. The van der Waals surface area contributed by atoms with Gasteiger partial charge in [0, 0.05) is 17.8 Å². The number of hydrogen-bond acceptors (Lipinski definition) is 5. The lowest BCUT2D eigenvalue weighted by atomic mass is 9.93. The molecule has 1 aliphatic carbocycles. The molecule has 2 fully saturated rings. The van der Waals surface area contributed by atoms with Crippen LogP contribution in [0.3, 0.4) is 0 Å². The van der Waals surface area contributed by atoms with E-state index < -0.39 is 0 Å². The zero-order valence-electron chi connectivity index (χ0n) is 26.5. The number of piperidine rings is 1. The molecule has 0 bridgehead atoms. The molecule has 0 saturated carbocycles. The molecule has 4 heterocycles. The van der Waals surface area contributed by atoms with Crippen molar-refractivity contribution in [2.75, 3.05) is 13.1 Å². The van der Waals surface area contributed by atoms with Crippen molar-refractivity contribution in [1.29, 1.82) is 0 Å². The average molecular weight is 627 g/mol. The molecule has 2 saturated heterocycles. The van der Waals surface area contributed by atoms with E-state index in [1.54, 1.807) is 0 Å². The minimum absolute atomic E-state index is 0.0344. The summed E-state index contributed by atoms with van der Waals surface area (Å²) < 4.78 is 6.41. The second kappa shape index (κ2) is 13.3. The normalized spacial score (nSPS) is 20.5. The van der Waals surface area contributed by atoms with E-state index in [4.69, 9.17) is 9.72 Å². The molecule has 2 unspecified atom stereocenters. The summed E-state index contributed by atoms with van der Waals surface area (Å²) in [4.78, 5) is 25.5. The first-order valence-electron chi connectivity index (χ1n) is 17.0. The summed E-state index contributed by atoms with van der Waals surface area (Å²) >= 11 is 0. The van der Waals surface area contributed by atoms with Gasteiger partial charge in [-0.3, -0.25) is 10.1 Å². The molecule has 47 heavy (non-hydrogen) atoms. The fourth-order valence-corrected chi connectivity index (χ4v) is 7.31. The first-order chi connectivity index (χ1) is 23.2. The van der Waals surface area contributed by atoms with Gasteiger partial charge in [-0.15, -0.1) is 0 Å². The van der Waals surface area contributed by atoms with Crippen molar-refractivity contribution in [3.63, 3.8) is 0 Å². The molecule has 8 rings (SSSR count). The Balaban J connectivity index is 1.05. The Kier molecular flexibility index (Phi) is 8.46. The molecule has 3 aliphatic rings. The number of nitrogens with zero attached hydrogens (tertiary/aromatic N) is 1. The number of aromatic amines is 2. The largest absolute Gasteiger partial charge is 0.361 e. The highest BCUT2D eigenvalue weighted by Crippen LogP contribution is 2.32. The van der Waals surface area contributed by atoms with Crippen molar-refractivity contribution < 1.29 is 9.53 Å². The molecule has 1 amide bonds. The number of epoxide rings is 1. The van der Waals surface area contributed by atoms with E-state index in [2.05, 4.69) is 98.9 Å². The fourth-order valence-electron chi connectivity index (χ4n) is 7.31. The predicted molar refractivity (Wildman–Crippen MR) is 186 cm³/mol. The molecule has 0 spiro atoms. The highest BCUT2D eigenvalue weighted by Gasteiger charge is 2.47. The van der Waals surface area contributed by atoms with Crippen molar-refractivity contribution >= 4 is 22.8 Å². The Hall–Kier alpha value is -4.50. The number of carbonyl (C=O) groups excluding carboxylic acids is 1. The maximum Gasteiger partial charge on any atom is 0.223 e. The number of benzene rings is 3. The monoisotopic (exact) mass is 626 g/mol. The zero-order chi connectivity index (χ0) is 31.6. The van der Waals surface area contributed by atoms with E-state index in [1.165, 1.54) is 33.2 Å². The Morgan fingerprint density at radius 2 is 1.81 bits per heavy atom. The van der Waals surface area contributed by atoms with Crippen LogP contribution in [0.4, 0.5) is 0 Å². The third-order valence-electron chi connectivity index (χ3n) is 9.99. The standard InChI is InChI=1S/C39H42N6O2/c46-38(28-16-18-40-19-17-28)44-33(22-30-23-41-32-13-7-6-12-31(30)32)36-39(47-36)45-34(21-25-14-15-26-8-4-5-11-29(26)20-25)37-42-24-35(43-37)27-9-2-1-3-10-27/h1-5,7-11,13-15,20,23-24,28,33-34,36,39-41,45H,6,12,16-19,21-22H2,(H,42,43)(H,44,46)/t33-,34-,36?,39?/m1/s1. The molecule has 8 nitrogen and oxygen atoms in total. The molecule has 5 aromatic rings. The number of rotatable bonds is 11. The number of imidazole rings is 1. The van der Waals surface area contributed by atoms with Gasteiger partial charge in [-0.05, 0) is 90.7 Å². The van der Waals surface area contributed by atoms with Crippen LogP contribution in [0, 0.1) is 5.92 Å². The maximum absolute atomic E-state index is 13.5. The summed E-state index contributed by atoms with van der Waals surface area (Å²) in [6.07, 6.45) is 13.3. The second-order valence-electron chi connectivity index (χ2n) is 13.2. The number of H-pyrrole nitrogens is 2. The van der Waals surface area contributed by atoms with Crippen LogP contribution in [-0.4, -0.2) is 52.3 Å². The van der Waals surface area contributed by atoms with Crippen molar-refractivity contribution in [3.8, 4) is 11.3 Å². The highest BCUT2D eigenvalue weighted by molar-refractivity contribution is 5.83. The Morgan fingerprint density at radius 1 is 0.979 bits per heavy atom. The van der Waals surface area contributed by atoms with E-state index >= 15 is 0 Å². The summed E-state index contributed by atoms with van der Waals surface area (Å²) in [6.45, 7) is 1.77. The van der Waals surface area contributed by atoms with Gasteiger partial charge in [0.25, 0.3) is 0 Å². The molecule has 2 aromatic heterocycles. The topological polar surface area (TPSA) is 110 Å². The predicted octanol–water partition coefficient (Wildman–Crippen LogP) is 5.84. The summed E-state index contributed by atoms with van der Waals surface area (Å²) in [7, 11) is 0. The average Bonchev–Trinajstić information content (AvgIpc) is 3.50. The molecule has 4 atom stereocenters. The van der Waals surface area contributed by atoms with Crippen LogP contribution in [0.1, 0.15) is 53.5 Å². The van der Waals surface area contributed by atoms with Gasteiger partial charge in [0.05, 0.1) is 24.0 Å². The molecular formula is C39H42N6O2. The first kappa shape index (κ1) is 29.9. The van der Waals surface area contributed by atoms with Gasteiger partial charge in [0.1, 0.15) is 18.2 Å². The maximum atomic E-state index is 13.5. The fraction of sp³-hybridized carbons (Fsp3) is 0.333. The van der Waals surface area contributed by atoms with Gasteiger partial charge in [-0.1, -0.05) is 78.9 Å². The van der Waals surface area contributed by atoms with Crippen LogP contribution < -0.4 is 16.0 Å². The molecule has 0 radical (unpaired) electrons. The number of amides is 1. The van der Waals surface area contributed by atoms with Gasteiger partial charge < -0.3 is 25.3 Å². The van der Waals surface area contributed by atoms with Crippen LogP contribution in [0.5, 0.6) is 0 Å². The molecule has 5 N–H and O–H groups in total. The Bertz CT molecular complexity index is 1870. The molecular weight excluding hydrogens is 584 g/mol. The number of hydrogen-bond donors (Lipinski definition) is 5. The van der Waals surface area contributed by atoms with Gasteiger partial charge >= 0.3 is 0 Å². The van der Waals surface area contributed by atoms with Gasteiger partial charge in [-0.2, -0.15) is 0 Å². The lowest BCUT2D eigenvalue weighted by Gasteiger charge is -2.25. The highest BCUT2D eigenvalue weighted by atomic mass is 16.6. The SMILES string of the molecule is O=C(N[C@H](Cc1c[nH]c2c1CCC=C2)C1OC1N[C@H](Cc1ccc2ccccc2c1)c1ncc(-c2ccccc2)[nH]1)C1CCNCC1. The molecule has 2 aliphatic heterocycles. The van der Waals surface area contributed by atoms with Crippen LogP contribution in [-0.2, 0) is 28.8 Å². The summed E-state index contributed by atoms with van der Waals surface area (Å²) in [6, 6.07) is 25.2. The van der Waals surface area contributed by atoms with Gasteiger partial charge in [0.15, 0.2) is 0 Å². The van der Waals surface area contributed by atoms with Crippen molar-refractivity contribution in [2.45, 2.75) is 62.9 Å². The van der Waals surface area contributed by atoms with Gasteiger partial charge in [0.2, 0.25) is 5.91 Å². The van der Waals surface area contributed by atoms with Crippen LogP contribution in [0.15, 0.2) is 91.3 Å². The van der Waals surface area contributed by atoms with E-state index in [1.807, 2.05) is 24.4 Å². The lowest BCUT2D eigenvalue weighted by Crippen LogP contribution is -2.47. The second-order valence-corrected chi connectivity index (χ2v) is 13.2. The van der Waals surface area contributed by atoms with Crippen LogP contribution in [0.2, 0.25) is 0 Å². The van der Waals surface area contributed by atoms with E-state index in [-0.39, 0.29) is 36.2 Å². The first-order valence-corrected chi connectivity index (χ1v) is 17.0. The number of carbonyl (C=O) groups is 1. The van der Waals surface area contributed by atoms with Gasteiger partial charge in [-0.25, -0.2) is 4.98 Å². The summed E-state index contributed by atoms with van der Waals surface area (Å²) in [5.74, 6) is 1.04. The van der Waals surface area contributed by atoms with Crippen molar-refractivity contribution in [2.24, 2.45) is 5.92 Å². The Morgan fingerprint density at radius 3 is 2.68 bits per heavy atom. The summed E-state index contributed by atoms with van der Waals surface area (Å²) in [5.41, 5.74) is 7.11. The van der Waals surface area contributed by atoms with Crippen molar-refractivity contribution in [1.82, 2.24) is 30.9 Å². The van der Waals surface area contributed by atoms with Crippen LogP contribution >= 0.6 is 0 Å². The summed E-state index contributed by atoms with van der Waals surface area (Å²) in [5, 5.41) is 13.1. The third kappa shape index (κ3) is 6.67. The minimum atomic E-state index is -0.210. The molecule has 3 aromatic carbocycles. The van der Waals surface area contributed by atoms with E-state index in [0.29, 0.717) is 0 Å². The number of aromatic nitrogens is 3. The van der Waals surface area contributed by atoms with Crippen LogP contribution in [0.25, 0.3) is 28.1 Å². The van der Waals surface area contributed by atoms with E-state index in [9.17, 15) is 4.79 Å².